The molecule has 0 saturated carbocycles. The van der Waals surface area contributed by atoms with Crippen molar-refractivity contribution in [1.29, 1.82) is 0 Å². The van der Waals surface area contributed by atoms with Gasteiger partial charge in [0.25, 0.3) is 5.56 Å². The van der Waals surface area contributed by atoms with Crippen LogP contribution in [0.3, 0.4) is 0 Å². The van der Waals surface area contributed by atoms with Gasteiger partial charge in [-0.2, -0.15) is 0 Å². The number of anilines is 1. The minimum atomic E-state index is -0.258. The van der Waals surface area contributed by atoms with Crippen LogP contribution in [0.4, 0.5) is 5.95 Å². The fraction of sp³-hybridized carbons (Fsp3) is 0.375. The number of hydrogen-bond acceptors (Lipinski definition) is 4. The van der Waals surface area contributed by atoms with E-state index < -0.39 is 0 Å². The van der Waals surface area contributed by atoms with Crippen LogP contribution in [0.25, 0.3) is 5.52 Å². The summed E-state index contributed by atoms with van der Waals surface area (Å²) in [5, 5.41) is 4.05. The number of hydrogen-bond donors (Lipinski definition) is 2. The molecule has 0 bridgehead atoms. The van der Waals surface area contributed by atoms with Crippen molar-refractivity contribution >= 4 is 34.1 Å². The van der Waals surface area contributed by atoms with E-state index in [9.17, 15) is 4.79 Å². The van der Waals surface area contributed by atoms with Crippen molar-refractivity contribution in [2.24, 2.45) is 0 Å². The largest absolute Gasteiger partial charge is 0.368 e. The highest BCUT2D eigenvalue weighted by atomic mass is 127. The van der Waals surface area contributed by atoms with Crippen molar-refractivity contribution in [3.8, 4) is 0 Å². The molecule has 0 aliphatic rings. The molecule has 0 atom stereocenters. The van der Waals surface area contributed by atoms with Crippen molar-refractivity contribution in [2.75, 3.05) is 5.73 Å². The highest BCUT2D eigenvalue weighted by Gasteiger charge is 2.16. The lowest BCUT2D eigenvalue weighted by Gasteiger charge is -2.02. The summed E-state index contributed by atoms with van der Waals surface area (Å²) in [7, 11) is 0. The average molecular weight is 319 g/mol. The molecule has 7 heteroatoms. The molecule has 3 N–H and O–H groups in total. The van der Waals surface area contributed by atoms with E-state index in [1.54, 1.807) is 0 Å². The van der Waals surface area contributed by atoms with Gasteiger partial charge in [-0.1, -0.05) is 13.8 Å². The monoisotopic (exact) mass is 319 g/mol. The second kappa shape index (κ2) is 3.47. The summed E-state index contributed by atoms with van der Waals surface area (Å²) in [4.78, 5) is 18.4. The van der Waals surface area contributed by atoms with Crippen LogP contribution in [-0.2, 0) is 0 Å². The van der Waals surface area contributed by atoms with E-state index in [4.69, 9.17) is 5.73 Å². The first-order valence-corrected chi connectivity index (χ1v) is 5.52. The molecule has 2 aromatic rings. The molecule has 0 fully saturated rings. The zero-order valence-electron chi connectivity index (χ0n) is 8.28. The van der Waals surface area contributed by atoms with E-state index in [0.717, 1.165) is 5.82 Å². The smallest absolute Gasteiger partial charge is 0.279 e. The molecule has 0 aromatic carbocycles. The summed E-state index contributed by atoms with van der Waals surface area (Å²) in [6, 6.07) is 0. The molecule has 0 spiro atoms. The van der Waals surface area contributed by atoms with Crippen molar-refractivity contribution in [3.05, 3.63) is 19.9 Å². The number of rotatable bonds is 1. The third-order valence-corrected chi connectivity index (χ3v) is 2.77. The maximum atomic E-state index is 11.6. The van der Waals surface area contributed by atoms with Gasteiger partial charge in [0, 0.05) is 5.92 Å². The molecular weight excluding hydrogens is 309 g/mol. The second-order valence-electron chi connectivity index (χ2n) is 3.52. The van der Waals surface area contributed by atoms with Gasteiger partial charge in [-0.3, -0.25) is 9.78 Å². The molecule has 0 unspecified atom stereocenters. The fourth-order valence-corrected chi connectivity index (χ4v) is 2.10. The van der Waals surface area contributed by atoms with Crippen molar-refractivity contribution in [1.82, 2.24) is 19.6 Å². The Morgan fingerprint density at radius 1 is 1.53 bits per heavy atom. The quantitative estimate of drug-likeness (QED) is 0.758. The zero-order valence-corrected chi connectivity index (χ0v) is 10.4. The zero-order chi connectivity index (χ0) is 11.2. The van der Waals surface area contributed by atoms with Gasteiger partial charge in [-0.15, -0.1) is 5.10 Å². The van der Waals surface area contributed by atoms with E-state index in [0.29, 0.717) is 9.22 Å². The van der Waals surface area contributed by atoms with Crippen LogP contribution >= 0.6 is 22.6 Å². The van der Waals surface area contributed by atoms with E-state index in [1.807, 2.05) is 36.4 Å². The molecule has 2 rings (SSSR count). The summed E-state index contributed by atoms with van der Waals surface area (Å²) in [6.45, 7) is 3.98. The third-order valence-electron chi connectivity index (χ3n) is 2.02. The molecule has 0 aliphatic carbocycles. The van der Waals surface area contributed by atoms with Crippen LogP contribution < -0.4 is 11.3 Å². The van der Waals surface area contributed by atoms with Crippen molar-refractivity contribution < 1.29 is 0 Å². The lowest BCUT2D eigenvalue weighted by Crippen LogP contribution is -2.16. The summed E-state index contributed by atoms with van der Waals surface area (Å²) in [6.07, 6.45) is 0. The van der Waals surface area contributed by atoms with Gasteiger partial charge >= 0.3 is 0 Å². The Labute approximate surface area is 99.0 Å². The first-order chi connectivity index (χ1) is 7.00. The van der Waals surface area contributed by atoms with E-state index >= 15 is 0 Å². The van der Waals surface area contributed by atoms with Crippen LogP contribution in [0.15, 0.2) is 4.79 Å². The van der Waals surface area contributed by atoms with Gasteiger partial charge in [0.05, 0.1) is 0 Å². The molecule has 0 amide bonds. The van der Waals surface area contributed by atoms with Crippen molar-refractivity contribution in [3.63, 3.8) is 0 Å². The van der Waals surface area contributed by atoms with Gasteiger partial charge in [0.2, 0.25) is 5.95 Å². The Hall–Kier alpha value is -1.12. The van der Waals surface area contributed by atoms with Crippen LogP contribution in [0, 0.1) is 3.70 Å². The first-order valence-electron chi connectivity index (χ1n) is 4.44. The maximum absolute atomic E-state index is 11.6. The molecule has 0 saturated heterocycles. The molecule has 0 aliphatic heterocycles. The minimum Gasteiger partial charge on any atom is -0.368 e. The Kier molecular flexibility index (Phi) is 2.41. The maximum Gasteiger partial charge on any atom is 0.279 e. The topological polar surface area (TPSA) is 89.1 Å². The van der Waals surface area contributed by atoms with Crippen LogP contribution in [0.5, 0.6) is 0 Å². The number of aromatic nitrogens is 4. The summed E-state index contributed by atoms with van der Waals surface area (Å²) >= 11 is 2.02. The van der Waals surface area contributed by atoms with E-state index in [1.165, 1.54) is 4.52 Å². The van der Waals surface area contributed by atoms with Crippen LogP contribution in [0.1, 0.15) is 25.6 Å². The van der Waals surface area contributed by atoms with Gasteiger partial charge in [0.1, 0.15) is 9.53 Å². The number of imidazole rings is 1. The Balaban J connectivity index is 2.93. The lowest BCUT2D eigenvalue weighted by molar-refractivity contribution is 0.721. The molecule has 2 aromatic heterocycles. The average Bonchev–Trinajstić information content (AvgIpc) is 2.42. The minimum absolute atomic E-state index is 0.100. The second-order valence-corrected chi connectivity index (χ2v) is 4.54. The SMILES string of the molecule is CC(C)c1nc(I)c2c(=O)[nH]c(N)nn12. The first kappa shape index (κ1) is 10.4. The van der Waals surface area contributed by atoms with E-state index in [-0.39, 0.29) is 17.4 Å². The number of aromatic amines is 1. The summed E-state index contributed by atoms with van der Waals surface area (Å²) in [5.74, 6) is 1.03. The van der Waals surface area contributed by atoms with Gasteiger partial charge in [-0.25, -0.2) is 9.50 Å². The highest BCUT2D eigenvalue weighted by molar-refractivity contribution is 14.1. The van der Waals surface area contributed by atoms with Gasteiger partial charge < -0.3 is 5.73 Å². The molecule has 15 heavy (non-hydrogen) atoms. The third kappa shape index (κ3) is 1.60. The van der Waals surface area contributed by atoms with E-state index in [2.05, 4.69) is 15.1 Å². The fourth-order valence-electron chi connectivity index (χ4n) is 1.38. The number of halogens is 1. The van der Waals surface area contributed by atoms with Crippen LogP contribution in [0.2, 0.25) is 0 Å². The summed E-state index contributed by atoms with van der Waals surface area (Å²) in [5.41, 5.74) is 5.68. The molecular formula is C8H10IN5O. The van der Waals surface area contributed by atoms with Gasteiger partial charge in [-0.05, 0) is 22.6 Å². The predicted octanol–water partition coefficient (Wildman–Crippen LogP) is 0.728. The highest BCUT2D eigenvalue weighted by Crippen LogP contribution is 2.17. The molecule has 2 heterocycles. The van der Waals surface area contributed by atoms with Crippen LogP contribution in [-0.4, -0.2) is 19.6 Å². The number of nitrogen functional groups attached to an aromatic ring is 1. The number of H-pyrrole nitrogens is 1. The Morgan fingerprint density at radius 2 is 2.20 bits per heavy atom. The number of nitrogens with one attached hydrogen (secondary N) is 1. The summed E-state index contributed by atoms with van der Waals surface area (Å²) < 4.78 is 2.16. The number of fused-ring (bicyclic) bond motifs is 1. The van der Waals surface area contributed by atoms with Crippen molar-refractivity contribution in [2.45, 2.75) is 19.8 Å². The molecule has 80 valence electrons. The molecule has 6 nitrogen and oxygen atoms in total. The number of nitrogens with zero attached hydrogens (tertiary/aromatic N) is 3. The normalized spacial score (nSPS) is 11.5. The Bertz CT molecular complexity index is 570. The Morgan fingerprint density at radius 3 is 2.80 bits per heavy atom. The predicted molar refractivity (Wildman–Crippen MR) is 64.8 cm³/mol. The number of nitrogens with two attached hydrogens (primary N) is 1. The lowest BCUT2D eigenvalue weighted by atomic mass is 10.2. The standard InChI is InChI=1S/C8H10IN5O/c1-3(2)6-11-5(9)4-7(15)12-8(10)13-14(4)6/h3H,1-2H3,(H3,10,12,13,15). The van der Waals surface area contributed by atoms with Gasteiger partial charge in [0.15, 0.2) is 5.52 Å². The molecule has 0 radical (unpaired) electrons.